The number of hydrogen-bond acceptors (Lipinski definition) is 3. The SMILES string of the molecule is CC1(C)CC(NI)CC(C)(CC2CCCN2I)N1. The Labute approximate surface area is 139 Å². The van der Waals surface area contributed by atoms with E-state index in [1.165, 1.54) is 38.6 Å². The highest BCUT2D eigenvalue weighted by Crippen LogP contribution is 2.36. The van der Waals surface area contributed by atoms with Crippen molar-refractivity contribution >= 4 is 45.7 Å². The van der Waals surface area contributed by atoms with Gasteiger partial charge in [0.2, 0.25) is 0 Å². The number of nitrogens with one attached hydrogen (secondary N) is 2. The molecule has 106 valence electrons. The van der Waals surface area contributed by atoms with E-state index < -0.39 is 0 Å². The molecule has 0 saturated carbocycles. The summed E-state index contributed by atoms with van der Waals surface area (Å²) in [6.45, 7) is 8.35. The average Bonchev–Trinajstić information content (AvgIpc) is 2.60. The van der Waals surface area contributed by atoms with Crippen molar-refractivity contribution in [2.75, 3.05) is 6.54 Å². The van der Waals surface area contributed by atoms with Crippen LogP contribution in [0.5, 0.6) is 0 Å². The molecule has 2 saturated heterocycles. The number of piperidine rings is 1. The summed E-state index contributed by atoms with van der Waals surface area (Å²) in [7, 11) is 0. The van der Waals surface area contributed by atoms with Gasteiger partial charge in [0, 0.05) is 75.4 Å². The predicted molar refractivity (Wildman–Crippen MR) is 94.2 cm³/mol. The van der Waals surface area contributed by atoms with Crippen LogP contribution < -0.4 is 8.85 Å². The monoisotopic (exact) mass is 477 g/mol. The van der Waals surface area contributed by atoms with Gasteiger partial charge in [0.05, 0.1) is 0 Å². The molecule has 0 aliphatic carbocycles. The van der Waals surface area contributed by atoms with Crippen molar-refractivity contribution in [3.05, 3.63) is 0 Å². The Bertz CT molecular complexity index is 298. The van der Waals surface area contributed by atoms with E-state index >= 15 is 0 Å². The third kappa shape index (κ3) is 3.93. The summed E-state index contributed by atoms with van der Waals surface area (Å²) in [6, 6.07) is 1.39. The summed E-state index contributed by atoms with van der Waals surface area (Å²) in [5, 5.41) is 3.91. The Morgan fingerprint density at radius 3 is 2.61 bits per heavy atom. The van der Waals surface area contributed by atoms with E-state index in [1.54, 1.807) is 0 Å². The molecule has 0 radical (unpaired) electrons. The lowest BCUT2D eigenvalue weighted by Crippen LogP contribution is -2.63. The van der Waals surface area contributed by atoms with Crippen LogP contribution in [0.4, 0.5) is 0 Å². The maximum atomic E-state index is 3.91. The standard InChI is InChI=1S/C13H25I2N3/c1-12(2)7-10(16-14)8-13(3,17-12)9-11-5-4-6-18(11)15/h10-11,16-17H,4-9H2,1-3H3. The van der Waals surface area contributed by atoms with Crippen LogP contribution >= 0.6 is 45.7 Å². The van der Waals surface area contributed by atoms with E-state index in [1.807, 2.05) is 0 Å². The second kappa shape index (κ2) is 5.99. The molecule has 18 heavy (non-hydrogen) atoms. The van der Waals surface area contributed by atoms with Gasteiger partial charge in [-0.3, -0.25) is 3.53 Å². The van der Waals surface area contributed by atoms with Crippen molar-refractivity contribution in [2.24, 2.45) is 0 Å². The van der Waals surface area contributed by atoms with Gasteiger partial charge in [-0.05, 0) is 52.9 Å². The maximum Gasteiger partial charge on any atom is 0.0212 e. The lowest BCUT2D eigenvalue weighted by atomic mass is 9.76. The van der Waals surface area contributed by atoms with Crippen LogP contribution in [0.15, 0.2) is 0 Å². The molecule has 2 aliphatic heterocycles. The Morgan fingerprint density at radius 1 is 1.33 bits per heavy atom. The highest BCUT2D eigenvalue weighted by atomic mass is 127. The topological polar surface area (TPSA) is 27.3 Å². The molecule has 2 heterocycles. The highest BCUT2D eigenvalue weighted by Gasteiger charge is 2.42. The zero-order valence-corrected chi connectivity index (χ0v) is 15.9. The molecule has 0 aromatic rings. The van der Waals surface area contributed by atoms with Crippen molar-refractivity contribution in [3.8, 4) is 0 Å². The zero-order chi connectivity index (χ0) is 13.4. The molecule has 0 spiro atoms. The van der Waals surface area contributed by atoms with Gasteiger partial charge in [-0.1, -0.05) is 0 Å². The smallest absolute Gasteiger partial charge is 0.0212 e. The van der Waals surface area contributed by atoms with Gasteiger partial charge in [0.25, 0.3) is 0 Å². The van der Waals surface area contributed by atoms with E-state index in [9.17, 15) is 0 Å². The molecular weight excluding hydrogens is 452 g/mol. The molecule has 0 amide bonds. The van der Waals surface area contributed by atoms with Crippen molar-refractivity contribution in [2.45, 2.75) is 76.0 Å². The molecule has 2 fully saturated rings. The Kier molecular flexibility index (Phi) is 5.23. The minimum Gasteiger partial charge on any atom is -0.306 e. The Balaban J connectivity index is 2.04. The first-order valence-electron chi connectivity index (χ1n) is 6.91. The summed E-state index contributed by atoms with van der Waals surface area (Å²) in [6.07, 6.45) is 6.45. The lowest BCUT2D eigenvalue weighted by molar-refractivity contribution is 0.123. The van der Waals surface area contributed by atoms with Crippen LogP contribution in [-0.2, 0) is 0 Å². The van der Waals surface area contributed by atoms with E-state index in [0.29, 0.717) is 6.04 Å². The molecule has 5 heteroatoms. The summed E-state index contributed by atoms with van der Waals surface area (Å²) in [4.78, 5) is 0. The van der Waals surface area contributed by atoms with Crippen LogP contribution in [0.25, 0.3) is 0 Å². The van der Waals surface area contributed by atoms with Gasteiger partial charge in [-0.2, -0.15) is 0 Å². The van der Waals surface area contributed by atoms with Crippen LogP contribution in [0, 0.1) is 0 Å². The molecule has 3 nitrogen and oxygen atoms in total. The fourth-order valence-electron chi connectivity index (χ4n) is 3.88. The molecule has 2 aliphatic rings. The van der Waals surface area contributed by atoms with E-state index in [0.717, 1.165) is 6.04 Å². The lowest BCUT2D eigenvalue weighted by Gasteiger charge is -2.49. The minimum atomic E-state index is 0.241. The summed E-state index contributed by atoms with van der Waals surface area (Å²) in [5.41, 5.74) is 0.508. The third-order valence-electron chi connectivity index (χ3n) is 4.24. The van der Waals surface area contributed by atoms with E-state index in [4.69, 9.17) is 0 Å². The van der Waals surface area contributed by atoms with Crippen molar-refractivity contribution < 1.29 is 0 Å². The second-order valence-corrected chi connectivity index (χ2v) is 8.77. The molecule has 0 bridgehead atoms. The maximum absolute atomic E-state index is 3.91. The van der Waals surface area contributed by atoms with Gasteiger partial charge < -0.3 is 5.32 Å². The van der Waals surface area contributed by atoms with Gasteiger partial charge in [-0.25, -0.2) is 3.11 Å². The van der Waals surface area contributed by atoms with Crippen molar-refractivity contribution in [1.82, 2.24) is 12.0 Å². The number of halogens is 2. The van der Waals surface area contributed by atoms with Crippen LogP contribution in [0.1, 0.15) is 52.9 Å². The van der Waals surface area contributed by atoms with Crippen molar-refractivity contribution in [3.63, 3.8) is 0 Å². The average molecular weight is 477 g/mol. The van der Waals surface area contributed by atoms with Crippen LogP contribution in [0.2, 0.25) is 0 Å². The van der Waals surface area contributed by atoms with Crippen LogP contribution in [0.3, 0.4) is 0 Å². The minimum absolute atomic E-state index is 0.241. The van der Waals surface area contributed by atoms with Gasteiger partial charge in [-0.15, -0.1) is 0 Å². The second-order valence-electron chi connectivity index (χ2n) is 6.91. The van der Waals surface area contributed by atoms with E-state index in [-0.39, 0.29) is 11.1 Å². The Morgan fingerprint density at radius 2 is 2.06 bits per heavy atom. The first-order chi connectivity index (χ1) is 8.34. The summed E-state index contributed by atoms with van der Waals surface area (Å²) < 4.78 is 5.98. The van der Waals surface area contributed by atoms with Gasteiger partial charge in [0.15, 0.2) is 0 Å². The predicted octanol–water partition coefficient (Wildman–Crippen LogP) is 3.42. The normalized spacial score (nSPS) is 41.2. The molecule has 0 aromatic carbocycles. The van der Waals surface area contributed by atoms with E-state index in [2.05, 4.69) is 78.5 Å². The summed E-state index contributed by atoms with van der Waals surface area (Å²) >= 11 is 4.83. The molecule has 3 unspecified atom stereocenters. The van der Waals surface area contributed by atoms with Crippen molar-refractivity contribution in [1.29, 1.82) is 0 Å². The first kappa shape index (κ1) is 15.7. The fraction of sp³-hybridized carbons (Fsp3) is 1.00. The number of hydrogen-bond donors (Lipinski definition) is 2. The molecule has 0 aromatic heterocycles. The number of nitrogens with zero attached hydrogens (tertiary/aromatic N) is 1. The molecule has 3 atom stereocenters. The van der Waals surface area contributed by atoms with Crippen LogP contribution in [-0.4, -0.2) is 32.8 Å². The summed E-state index contributed by atoms with van der Waals surface area (Å²) in [5.74, 6) is 0. The molecule has 2 N–H and O–H groups in total. The highest BCUT2D eigenvalue weighted by molar-refractivity contribution is 14.1. The molecule has 2 rings (SSSR count). The fourth-order valence-corrected chi connectivity index (χ4v) is 5.14. The quantitative estimate of drug-likeness (QED) is 0.482. The number of rotatable bonds is 3. The third-order valence-corrected chi connectivity index (χ3v) is 6.39. The largest absolute Gasteiger partial charge is 0.306 e. The zero-order valence-electron chi connectivity index (χ0n) is 11.6. The first-order valence-corrected chi connectivity index (χ1v) is 8.96. The Hall–Kier alpha value is 1.34. The molecular formula is C13H25I2N3. The van der Waals surface area contributed by atoms with Gasteiger partial charge in [0.1, 0.15) is 0 Å². The van der Waals surface area contributed by atoms with Gasteiger partial charge >= 0.3 is 0 Å².